The van der Waals surface area contributed by atoms with Gasteiger partial charge in [-0.1, -0.05) is 43.5 Å². The monoisotopic (exact) mass is 249 g/mol. The van der Waals surface area contributed by atoms with E-state index >= 15 is 0 Å². The second-order valence-electron chi connectivity index (χ2n) is 4.75. The lowest BCUT2D eigenvalue weighted by Crippen LogP contribution is -2.16. The van der Waals surface area contributed by atoms with Crippen molar-refractivity contribution >= 4 is 5.71 Å². The van der Waals surface area contributed by atoms with Gasteiger partial charge in [0.15, 0.2) is 0 Å². The van der Waals surface area contributed by atoms with Crippen molar-refractivity contribution in [1.29, 1.82) is 0 Å². The molecule has 1 rings (SSSR count). The highest BCUT2D eigenvalue weighted by Gasteiger charge is 2.19. The van der Waals surface area contributed by atoms with Crippen LogP contribution in [0.1, 0.15) is 50.7 Å². The molecule has 0 heterocycles. The van der Waals surface area contributed by atoms with Crippen LogP contribution in [0.2, 0.25) is 0 Å². The molecule has 1 aromatic rings. The highest BCUT2D eigenvalue weighted by atomic mass is 16.4. The van der Waals surface area contributed by atoms with E-state index in [0.717, 1.165) is 31.2 Å². The van der Waals surface area contributed by atoms with Gasteiger partial charge in [0.05, 0.1) is 5.71 Å². The third-order valence-corrected chi connectivity index (χ3v) is 3.32. The van der Waals surface area contributed by atoms with Gasteiger partial charge in [-0.05, 0) is 31.9 Å². The fraction of sp³-hybridized carbons (Fsp3) is 0.533. The van der Waals surface area contributed by atoms with E-state index in [9.17, 15) is 10.3 Å². The summed E-state index contributed by atoms with van der Waals surface area (Å²) in [6, 6.07) is 5.38. The van der Waals surface area contributed by atoms with Crippen LogP contribution >= 0.6 is 0 Å². The highest BCUT2D eigenvalue weighted by molar-refractivity contribution is 6.04. The van der Waals surface area contributed by atoms with Crippen LogP contribution in [-0.2, 0) is 0 Å². The van der Waals surface area contributed by atoms with Gasteiger partial charge in [-0.3, -0.25) is 0 Å². The van der Waals surface area contributed by atoms with Crippen molar-refractivity contribution in [3.05, 3.63) is 29.3 Å². The first-order valence-corrected chi connectivity index (χ1v) is 6.65. The van der Waals surface area contributed by atoms with E-state index < -0.39 is 0 Å². The van der Waals surface area contributed by atoms with E-state index in [0.29, 0.717) is 11.3 Å². The number of unbranched alkanes of at least 4 members (excludes halogenated alkanes) is 1. The Morgan fingerprint density at radius 2 is 2.06 bits per heavy atom. The third kappa shape index (κ3) is 3.49. The Labute approximate surface area is 109 Å². The molecule has 1 aromatic carbocycles. The summed E-state index contributed by atoms with van der Waals surface area (Å²) in [7, 11) is 0. The van der Waals surface area contributed by atoms with E-state index in [1.54, 1.807) is 6.07 Å². The van der Waals surface area contributed by atoms with Crippen molar-refractivity contribution in [2.75, 3.05) is 0 Å². The van der Waals surface area contributed by atoms with Crippen molar-refractivity contribution in [3.63, 3.8) is 0 Å². The number of aryl methyl sites for hydroxylation is 1. The second-order valence-corrected chi connectivity index (χ2v) is 4.75. The number of aromatic hydroxyl groups is 1. The van der Waals surface area contributed by atoms with Gasteiger partial charge >= 0.3 is 0 Å². The Bertz CT molecular complexity index is 413. The third-order valence-electron chi connectivity index (χ3n) is 3.32. The number of oxime groups is 1. The molecule has 0 spiro atoms. The summed E-state index contributed by atoms with van der Waals surface area (Å²) in [4.78, 5) is 0. The van der Waals surface area contributed by atoms with E-state index in [4.69, 9.17) is 0 Å². The van der Waals surface area contributed by atoms with Crippen molar-refractivity contribution in [2.24, 2.45) is 11.1 Å². The summed E-state index contributed by atoms with van der Waals surface area (Å²) in [5, 5.41) is 22.6. The van der Waals surface area contributed by atoms with Gasteiger partial charge in [0.2, 0.25) is 0 Å². The van der Waals surface area contributed by atoms with Gasteiger partial charge < -0.3 is 10.3 Å². The summed E-state index contributed by atoms with van der Waals surface area (Å²) in [6.07, 6.45) is 4.12. The average molecular weight is 249 g/mol. The number of rotatable bonds is 6. The first-order valence-electron chi connectivity index (χ1n) is 6.65. The second kappa shape index (κ2) is 7.04. The summed E-state index contributed by atoms with van der Waals surface area (Å²) < 4.78 is 0. The Morgan fingerprint density at radius 1 is 1.33 bits per heavy atom. The lowest BCUT2D eigenvalue weighted by Gasteiger charge is -2.17. The van der Waals surface area contributed by atoms with Gasteiger partial charge in [-0.2, -0.15) is 0 Å². The molecular weight excluding hydrogens is 226 g/mol. The lowest BCUT2D eigenvalue weighted by molar-refractivity contribution is 0.313. The molecule has 0 aliphatic heterocycles. The van der Waals surface area contributed by atoms with Crippen LogP contribution in [0.3, 0.4) is 0 Å². The van der Waals surface area contributed by atoms with Crippen LogP contribution in [0.25, 0.3) is 0 Å². The topological polar surface area (TPSA) is 52.8 Å². The van der Waals surface area contributed by atoms with E-state index in [2.05, 4.69) is 19.0 Å². The molecule has 1 atom stereocenters. The van der Waals surface area contributed by atoms with Gasteiger partial charge in [0, 0.05) is 11.5 Å². The number of phenolic OH excluding ortho intramolecular Hbond substituents is 1. The van der Waals surface area contributed by atoms with Crippen LogP contribution < -0.4 is 0 Å². The summed E-state index contributed by atoms with van der Waals surface area (Å²) in [5.74, 6) is 0.381. The first kappa shape index (κ1) is 14.6. The molecule has 2 N–H and O–H groups in total. The molecule has 3 heteroatoms. The zero-order valence-electron chi connectivity index (χ0n) is 11.5. The minimum absolute atomic E-state index is 0.184. The molecule has 0 aromatic heterocycles. The molecule has 100 valence electrons. The molecule has 0 radical (unpaired) electrons. The summed E-state index contributed by atoms with van der Waals surface area (Å²) in [6.45, 7) is 6.19. The maximum absolute atomic E-state index is 9.91. The van der Waals surface area contributed by atoms with E-state index in [-0.39, 0.29) is 11.7 Å². The maximum Gasteiger partial charge on any atom is 0.124 e. The number of benzene rings is 1. The molecule has 3 nitrogen and oxygen atoms in total. The predicted molar refractivity (Wildman–Crippen MR) is 74.5 cm³/mol. The van der Waals surface area contributed by atoms with Crippen LogP contribution in [-0.4, -0.2) is 16.0 Å². The first-order chi connectivity index (χ1) is 8.63. The van der Waals surface area contributed by atoms with E-state index in [1.807, 2.05) is 19.1 Å². The zero-order chi connectivity index (χ0) is 13.5. The Hall–Kier alpha value is -1.51. The Kier molecular flexibility index (Phi) is 5.69. The van der Waals surface area contributed by atoms with Crippen LogP contribution in [0.4, 0.5) is 0 Å². The standard InChI is InChI=1S/C15H23NO2/c1-4-6-7-12(5-2)15(16-18)13-10-11(3)8-9-14(13)17/h8-10,12,17-18H,4-7H2,1-3H3/b16-15-/t12-/m1/s1. The molecule has 0 aliphatic carbocycles. The number of hydrogen-bond acceptors (Lipinski definition) is 3. The quantitative estimate of drug-likeness (QED) is 0.453. The van der Waals surface area contributed by atoms with Crippen molar-refractivity contribution in [1.82, 2.24) is 0 Å². The Balaban J connectivity index is 3.04. The minimum atomic E-state index is 0.184. The molecule has 0 unspecified atom stereocenters. The number of phenols is 1. The smallest absolute Gasteiger partial charge is 0.124 e. The molecule has 0 saturated carbocycles. The zero-order valence-corrected chi connectivity index (χ0v) is 11.5. The van der Waals surface area contributed by atoms with Gasteiger partial charge in [-0.25, -0.2) is 0 Å². The molecule has 18 heavy (non-hydrogen) atoms. The lowest BCUT2D eigenvalue weighted by atomic mass is 9.89. The molecular formula is C15H23NO2. The average Bonchev–Trinajstić information content (AvgIpc) is 2.38. The fourth-order valence-corrected chi connectivity index (χ4v) is 2.20. The maximum atomic E-state index is 9.91. The molecule has 0 saturated heterocycles. The van der Waals surface area contributed by atoms with Crippen molar-refractivity contribution in [3.8, 4) is 5.75 Å². The summed E-state index contributed by atoms with van der Waals surface area (Å²) in [5.41, 5.74) is 2.31. The molecule has 0 bridgehead atoms. The minimum Gasteiger partial charge on any atom is -0.507 e. The molecule has 0 fully saturated rings. The Morgan fingerprint density at radius 3 is 2.61 bits per heavy atom. The predicted octanol–water partition coefficient (Wildman–Crippen LogP) is 4.10. The number of hydrogen-bond donors (Lipinski definition) is 2. The van der Waals surface area contributed by atoms with Crippen LogP contribution in [0.15, 0.2) is 23.4 Å². The normalized spacial score (nSPS) is 13.6. The van der Waals surface area contributed by atoms with E-state index in [1.165, 1.54) is 0 Å². The highest BCUT2D eigenvalue weighted by Crippen LogP contribution is 2.26. The fourth-order valence-electron chi connectivity index (χ4n) is 2.20. The SMILES string of the molecule is CCCC[C@@H](CC)/C(=N/O)c1cc(C)ccc1O. The van der Waals surface area contributed by atoms with Crippen molar-refractivity contribution < 1.29 is 10.3 Å². The summed E-state index contributed by atoms with van der Waals surface area (Å²) >= 11 is 0. The van der Waals surface area contributed by atoms with Crippen LogP contribution in [0, 0.1) is 12.8 Å². The molecule has 0 amide bonds. The largest absolute Gasteiger partial charge is 0.507 e. The molecule has 0 aliphatic rings. The van der Waals surface area contributed by atoms with Crippen LogP contribution in [0.5, 0.6) is 5.75 Å². The van der Waals surface area contributed by atoms with Gasteiger partial charge in [0.1, 0.15) is 5.75 Å². The van der Waals surface area contributed by atoms with Gasteiger partial charge in [-0.15, -0.1) is 0 Å². The number of nitrogens with zero attached hydrogens (tertiary/aromatic N) is 1. The van der Waals surface area contributed by atoms with Crippen molar-refractivity contribution in [2.45, 2.75) is 46.5 Å². The van der Waals surface area contributed by atoms with Gasteiger partial charge in [0.25, 0.3) is 0 Å².